The summed E-state index contributed by atoms with van der Waals surface area (Å²) in [7, 11) is 3.43. The second-order valence-corrected chi connectivity index (χ2v) is 4.71. The van der Waals surface area contributed by atoms with Crippen molar-refractivity contribution in [2.24, 2.45) is 0 Å². The van der Waals surface area contributed by atoms with Crippen LogP contribution in [0.4, 0.5) is 0 Å². The quantitative estimate of drug-likeness (QED) is 0.865. The molecular weight excluding hydrogens is 238 g/mol. The Labute approximate surface area is 114 Å². The van der Waals surface area contributed by atoms with Crippen LogP contribution in [0.5, 0.6) is 5.75 Å². The zero-order valence-corrected chi connectivity index (χ0v) is 11.8. The first-order valence-electron chi connectivity index (χ1n) is 6.53. The van der Waals surface area contributed by atoms with Gasteiger partial charge in [0.2, 0.25) is 0 Å². The van der Waals surface area contributed by atoms with Gasteiger partial charge in [0.1, 0.15) is 5.75 Å². The summed E-state index contributed by atoms with van der Waals surface area (Å²) in [4.78, 5) is 0. The zero-order valence-electron chi connectivity index (χ0n) is 11.8. The van der Waals surface area contributed by atoms with Crippen LogP contribution >= 0.6 is 0 Å². The molecule has 0 aliphatic heterocycles. The Bertz CT molecular complexity index is 539. The number of ether oxygens (including phenoxy) is 2. The van der Waals surface area contributed by atoms with Crippen molar-refractivity contribution in [1.82, 2.24) is 5.32 Å². The Morgan fingerprint density at radius 2 is 1.79 bits per heavy atom. The van der Waals surface area contributed by atoms with Gasteiger partial charge < -0.3 is 14.8 Å². The van der Waals surface area contributed by atoms with Crippen LogP contribution in [0.3, 0.4) is 0 Å². The Morgan fingerprint density at radius 3 is 2.47 bits per heavy atom. The van der Waals surface area contributed by atoms with Crippen molar-refractivity contribution in [3.05, 3.63) is 42.0 Å². The molecule has 0 aliphatic carbocycles. The molecule has 0 spiro atoms. The van der Waals surface area contributed by atoms with E-state index in [9.17, 15) is 0 Å². The first-order chi connectivity index (χ1) is 9.26. The highest BCUT2D eigenvalue weighted by molar-refractivity contribution is 5.91. The number of hydrogen-bond donors (Lipinski definition) is 1. The van der Waals surface area contributed by atoms with E-state index in [-0.39, 0.29) is 0 Å². The Balaban J connectivity index is 2.24. The summed E-state index contributed by atoms with van der Waals surface area (Å²) in [6.07, 6.45) is 0. The molecule has 1 N–H and O–H groups in total. The number of rotatable bonds is 6. The molecule has 3 nitrogen and oxygen atoms in total. The van der Waals surface area contributed by atoms with Gasteiger partial charge >= 0.3 is 0 Å². The van der Waals surface area contributed by atoms with E-state index >= 15 is 0 Å². The third-order valence-electron chi connectivity index (χ3n) is 3.25. The second kappa shape index (κ2) is 6.55. The second-order valence-electron chi connectivity index (χ2n) is 4.71. The van der Waals surface area contributed by atoms with Crippen molar-refractivity contribution < 1.29 is 9.47 Å². The summed E-state index contributed by atoms with van der Waals surface area (Å²) in [5.74, 6) is 0.921. The van der Waals surface area contributed by atoms with Gasteiger partial charge in [-0.2, -0.15) is 0 Å². The van der Waals surface area contributed by atoms with Crippen molar-refractivity contribution in [2.75, 3.05) is 20.8 Å². The van der Waals surface area contributed by atoms with Gasteiger partial charge in [-0.1, -0.05) is 30.3 Å². The summed E-state index contributed by atoms with van der Waals surface area (Å²) in [5.41, 5.74) is 1.28. The minimum Gasteiger partial charge on any atom is -0.496 e. The van der Waals surface area contributed by atoms with Crippen LogP contribution in [0.1, 0.15) is 12.5 Å². The van der Waals surface area contributed by atoms with Gasteiger partial charge in [0.15, 0.2) is 0 Å². The highest BCUT2D eigenvalue weighted by Gasteiger charge is 2.07. The van der Waals surface area contributed by atoms with Gasteiger partial charge in [0, 0.05) is 25.1 Å². The number of benzene rings is 2. The van der Waals surface area contributed by atoms with Gasteiger partial charge in [-0.05, 0) is 23.9 Å². The third-order valence-corrected chi connectivity index (χ3v) is 3.25. The maximum atomic E-state index is 5.41. The first kappa shape index (κ1) is 13.8. The van der Waals surface area contributed by atoms with Gasteiger partial charge in [0.05, 0.1) is 13.7 Å². The van der Waals surface area contributed by atoms with Gasteiger partial charge in [-0.3, -0.25) is 0 Å². The van der Waals surface area contributed by atoms with E-state index in [0.29, 0.717) is 12.6 Å². The lowest BCUT2D eigenvalue weighted by molar-refractivity contribution is 0.172. The molecule has 19 heavy (non-hydrogen) atoms. The summed E-state index contributed by atoms with van der Waals surface area (Å²) in [5, 5.41) is 5.85. The predicted octanol–water partition coefficient (Wildman–Crippen LogP) is 2.97. The fraction of sp³-hybridized carbons (Fsp3) is 0.375. The summed E-state index contributed by atoms with van der Waals surface area (Å²) >= 11 is 0. The van der Waals surface area contributed by atoms with Crippen LogP contribution < -0.4 is 10.1 Å². The van der Waals surface area contributed by atoms with Crippen LogP contribution in [-0.2, 0) is 11.3 Å². The summed E-state index contributed by atoms with van der Waals surface area (Å²) in [6, 6.07) is 12.8. The molecule has 0 heterocycles. The summed E-state index contributed by atoms with van der Waals surface area (Å²) < 4.78 is 10.5. The molecule has 0 amide bonds. The molecule has 1 atom stereocenters. The molecule has 0 bridgehead atoms. The van der Waals surface area contributed by atoms with E-state index in [1.807, 2.05) is 12.1 Å². The average Bonchev–Trinajstić information content (AvgIpc) is 2.45. The van der Waals surface area contributed by atoms with Crippen molar-refractivity contribution in [3.63, 3.8) is 0 Å². The van der Waals surface area contributed by atoms with E-state index in [4.69, 9.17) is 9.47 Å². The fourth-order valence-electron chi connectivity index (χ4n) is 2.26. The van der Waals surface area contributed by atoms with Crippen molar-refractivity contribution in [1.29, 1.82) is 0 Å². The molecule has 2 aromatic carbocycles. The monoisotopic (exact) mass is 259 g/mol. The standard InChI is InChI=1S/C16H21NO2/c1-12(11-18-2)17-10-13-8-9-16(19-3)15-7-5-4-6-14(13)15/h4-9,12,17H,10-11H2,1-3H3/t12-/m0/s1. The number of hydrogen-bond acceptors (Lipinski definition) is 3. The molecule has 0 radical (unpaired) electrons. The highest BCUT2D eigenvalue weighted by atomic mass is 16.5. The fourth-order valence-corrected chi connectivity index (χ4v) is 2.26. The van der Waals surface area contributed by atoms with Crippen molar-refractivity contribution in [2.45, 2.75) is 19.5 Å². The molecule has 0 aliphatic rings. The Hall–Kier alpha value is -1.58. The third kappa shape index (κ3) is 3.25. The van der Waals surface area contributed by atoms with E-state index in [2.05, 4.69) is 36.5 Å². The van der Waals surface area contributed by atoms with E-state index in [0.717, 1.165) is 17.7 Å². The van der Waals surface area contributed by atoms with Crippen LogP contribution in [-0.4, -0.2) is 26.9 Å². The predicted molar refractivity (Wildman–Crippen MR) is 78.7 cm³/mol. The van der Waals surface area contributed by atoms with Gasteiger partial charge in [0.25, 0.3) is 0 Å². The van der Waals surface area contributed by atoms with Gasteiger partial charge in [-0.25, -0.2) is 0 Å². The van der Waals surface area contributed by atoms with Crippen LogP contribution in [0, 0.1) is 0 Å². The highest BCUT2D eigenvalue weighted by Crippen LogP contribution is 2.28. The summed E-state index contributed by atoms with van der Waals surface area (Å²) in [6.45, 7) is 3.67. The van der Waals surface area contributed by atoms with E-state index in [1.54, 1.807) is 14.2 Å². The molecular formula is C16H21NO2. The number of nitrogens with one attached hydrogen (secondary N) is 1. The van der Waals surface area contributed by atoms with Crippen LogP contribution in [0.2, 0.25) is 0 Å². The topological polar surface area (TPSA) is 30.5 Å². The SMILES string of the molecule is COC[C@H](C)NCc1ccc(OC)c2ccccc12. The number of methoxy groups -OCH3 is 2. The van der Waals surface area contributed by atoms with E-state index < -0.39 is 0 Å². The van der Waals surface area contributed by atoms with Gasteiger partial charge in [-0.15, -0.1) is 0 Å². The smallest absolute Gasteiger partial charge is 0.126 e. The molecule has 102 valence electrons. The Kier molecular flexibility index (Phi) is 4.77. The lowest BCUT2D eigenvalue weighted by Crippen LogP contribution is -2.29. The minimum absolute atomic E-state index is 0.339. The normalized spacial score (nSPS) is 12.6. The maximum Gasteiger partial charge on any atom is 0.126 e. The van der Waals surface area contributed by atoms with Crippen molar-refractivity contribution in [3.8, 4) is 5.75 Å². The number of fused-ring (bicyclic) bond motifs is 1. The minimum atomic E-state index is 0.339. The molecule has 0 saturated carbocycles. The largest absolute Gasteiger partial charge is 0.496 e. The molecule has 2 aromatic rings. The molecule has 0 aromatic heterocycles. The van der Waals surface area contributed by atoms with Crippen LogP contribution in [0.25, 0.3) is 10.8 Å². The molecule has 3 heteroatoms. The van der Waals surface area contributed by atoms with E-state index in [1.165, 1.54) is 10.9 Å². The Morgan fingerprint density at radius 1 is 1.05 bits per heavy atom. The molecule has 0 saturated heterocycles. The lowest BCUT2D eigenvalue weighted by Gasteiger charge is -2.15. The zero-order chi connectivity index (χ0) is 13.7. The molecule has 0 unspecified atom stereocenters. The molecule has 2 rings (SSSR count). The first-order valence-corrected chi connectivity index (χ1v) is 6.53. The van der Waals surface area contributed by atoms with Crippen molar-refractivity contribution >= 4 is 10.8 Å². The maximum absolute atomic E-state index is 5.41. The average molecular weight is 259 g/mol. The molecule has 0 fully saturated rings. The lowest BCUT2D eigenvalue weighted by atomic mass is 10.0. The van der Waals surface area contributed by atoms with Crippen LogP contribution in [0.15, 0.2) is 36.4 Å².